The molecule has 0 saturated carbocycles. The number of aryl methyl sites for hydroxylation is 1. The van der Waals surface area contributed by atoms with Crippen LogP contribution in [0.2, 0.25) is 0 Å². The quantitative estimate of drug-likeness (QED) is 0.558. The Labute approximate surface area is 151 Å². The molecule has 2 rings (SSSR count). The van der Waals surface area contributed by atoms with Crippen LogP contribution in [-0.2, 0) is 6.54 Å². The van der Waals surface area contributed by atoms with Crippen LogP contribution in [0.4, 0.5) is 0 Å². The van der Waals surface area contributed by atoms with Gasteiger partial charge in [-0.1, -0.05) is 13.8 Å². The van der Waals surface area contributed by atoms with Crippen LogP contribution in [0.15, 0.2) is 11.2 Å². The third-order valence-electron chi connectivity index (χ3n) is 4.29. The summed E-state index contributed by atoms with van der Waals surface area (Å²) in [5.74, 6) is 1.62. The van der Waals surface area contributed by atoms with Gasteiger partial charge in [0, 0.05) is 30.2 Å². The molecule has 24 heavy (non-hydrogen) atoms. The van der Waals surface area contributed by atoms with Gasteiger partial charge in [-0.2, -0.15) is 0 Å². The van der Waals surface area contributed by atoms with Gasteiger partial charge in [0.2, 0.25) is 0 Å². The topological polar surface area (TPSA) is 52.6 Å². The first-order valence-electron chi connectivity index (χ1n) is 9.26. The van der Waals surface area contributed by atoms with Crippen LogP contribution in [0.3, 0.4) is 0 Å². The molecule has 0 amide bonds. The molecule has 1 aromatic rings. The van der Waals surface area contributed by atoms with Crippen molar-refractivity contribution in [2.24, 2.45) is 10.9 Å². The van der Waals surface area contributed by atoms with Gasteiger partial charge in [-0.05, 0) is 52.1 Å². The molecule has 0 radical (unpaired) electrons. The monoisotopic (exact) mass is 351 g/mol. The third-order valence-corrected chi connectivity index (χ3v) is 5.19. The van der Waals surface area contributed by atoms with Crippen LogP contribution in [0.5, 0.6) is 0 Å². The fourth-order valence-electron chi connectivity index (χ4n) is 3.19. The molecule has 1 fully saturated rings. The summed E-state index contributed by atoms with van der Waals surface area (Å²) in [6.07, 6.45) is 5.83. The van der Waals surface area contributed by atoms with Gasteiger partial charge in [-0.15, -0.1) is 11.3 Å². The van der Waals surface area contributed by atoms with Gasteiger partial charge in [-0.3, -0.25) is 4.90 Å². The molecule has 1 saturated heterocycles. The molecular formula is C18H33N5S. The highest BCUT2D eigenvalue weighted by molar-refractivity contribution is 7.11. The fourth-order valence-corrected chi connectivity index (χ4v) is 3.90. The zero-order valence-electron chi connectivity index (χ0n) is 15.6. The van der Waals surface area contributed by atoms with E-state index in [1.54, 1.807) is 11.3 Å². The molecule has 2 heterocycles. The highest BCUT2D eigenvalue weighted by Crippen LogP contribution is 2.17. The Kier molecular flexibility index (Phi) is 7.99. The van der Waals surface area contributed by atoms with E-state index in [1.807, 2.05) is 6.20 Å². The lowest BCUT2D eigenvalue weighted by Gasteiger charge is -2.29. The number of nitrogens with one attached hydrogen (secondary N) is 2. The number of thiazole rings is 1. The molecule has 1 aromatic heterocycles. The van der Waals surface area contributed by atoms with Gasteiger partial charge >= 0.3 is 0 Å². The van der Waals surface area contributed by atoms with Crippen LogP contribution in [0.1, 0.15) is 49.9 Å². The maximum Gasteiger partial charge on any atom is 0.191 e. The Morgan fingerprint density at radius 3 is 2.67 bits per heavy atom. The highest BCUT2D eigenvalue weighted by atomic mass is 32.1. The van der Waals surface area contributed by atoms with E-state index in [9.17, 15) is 0 Å². The zero-order valence-corrected chi connectivity index (χ0v) is 16.5. The van der Waals surface area contributed by atoms with Crippen molar-refractivity contribution >= 4 is 17.3 Å². The average molecular weight is 352 g/mol. The maximum atomic E-state index is 4.70. The van der Waals surface area contributed by atoms with Crippen molar-refractivity contribution in [3.8, 4) is 0 Å². The Morgan fingerprint density at radius 2 is 2.08 bits per heavy atom. The lowest BCUT2D eigenvalue weighted by Crippen LogP contribution is -2.47. The van der Waals surface area contributed by atoms with Gasteiger partial charge in [0.05, 0.1) is 6.54 Å². The van der Waals surface area contributed by atoms with E-state index in [-0.39, 0.29) is 0 Å². The SMILES string of the molecule is CCNC(=NCc1ncc(C)s1)NCC(CC(C)C)N1CCCC1. The predicted octanol–water partition coefficient (Wildman–Crippen LogP) is 3.02. The van der Waals surface area contributed by atoms with Crippen LogP contribution < -0.4 is 10.6 Å². The number of guanidine groups is 1. The van der Waals surface area contributed by atoms with E-state index in [0.29, 0.717) is 12.6 Å². The minimum Gasteiger partial charge on any atom is -0.357 e. The number of hydrogen-bond donors (Lipinski definition) is 2. The summed E-state index contributed by atoms with van der Waals surface area (Å²) in [6.45, 7) is 13.8. The summed E-state index contributed by atoms with van der Waals surface area (Å²) in [6, 6.07) is 0.596. The Hall–Kier alpha value is -1.14. The molecule has 0 bridgehead atoms. The van der Waals surface area contributed by atoms with Crippen molar-refractivity contribution in [2.45, 2.75) is 59.5 Å². The molecule has 1 aliphatic rings. The van der Waals surface area contributed by atoms with Crippen LogP contribution in [0.25, 0.3) is 0 Å². The van der Waals surface area contributed by atoms with E-state index >= 15 is 0 Å². The molecule has 0 spiro atoms. The lowest BCUT2D eigenvalue weighted by atomic mass is 10.0. The minimum atomic E-state index is 0.596. The van der Waals surface area contributed by atoms with E-state index in [0.717, 1.165) is 30.0 Å². The number of rotatable bonds is 8. The highest BCUT2D eigenvalue weighted by Gasteiger charge is 2.22. The van der Waals surface area contributed by atoms with Gasteiger partial charge in [0.25, 0.3) is 0 Å². The average Bonchev–Trinajstić information content (AvgIpc) is 3.20. The van der Waals surface area contributed by atoms with Crippen molar-refractivity contribution in [3.05, 3.63) is 16.1 Å². The molecule has 1 atom stereocenters. The number of aromatic nitrogens is 1. The first kappa shape index (κ1) is 19.2. The Bertz CT molecular complexity index is 505. The van der Waals surface area contributed by atoms with E-state index in [1.165, 1.54) is 37.2 Å². The lowest BCUT2D eigenvalue weighted by molar-refractivity contribution is 0.213. The number of hydrogen-bond acceptors (Lipinski definition) is 4. The largest absolute Gasteiger partial charge is 0.357 e. The van der Waals surface area contributed by atoms with E-state index in [4.69, 9.17) is 4.99 Å². The maximum absolute atomic E-state index is 4.70. The second-order valence-corrected chi connectivity index (χ2v) is 8.29. The summed E-state index contributed by atoms with van der Waals surface area (Å²) in [7, 11) is 0. The summed E-state index contributed by atoms with van der Waals surface area (Å²) >= 11 is 1.72. The second kappa shape index (κ2) is 9.99. The van der Waals surface area contributed by atoms with Crippen molar-refractivity contribution in [1.29, 1.82) is 0 Å². The smallest absolute Gasteiger partial charge is 0.191 e. The minimum absolute atomic E-state index is 0.596. The van der Waals surface area contributed by atoms with Crippen molar-refractivity contribution in [3.63, 3.8) is 0 Å². The zero-order chi connectivity index (χ0) is 17.4. The van der Waals surface area contributed by atoms with Gasteiger partial charge in [0.1, 0.15) is 5.01 Å². The molecule has 6 heteroatoms. The molecule has 1 unspecified atom stereocenters. The summed E-state index contributed by atoms with van der Waals surface area (Å²) in [5, 5.41) is 7.98. The summed E-state index contributed by atoms with van der Waals surface area (Å²) in [4.78, 5) is 13.0. The first-order valence-corrected chi connectivity index (χ1v) is 10.1. The van der Waals surface area contributed by atoms with Gasteiger partial charge < -0.3 is 10.6 Å². The second-order valence-electron chi connectivity index (χ2n) is 6.97. The molecule has 0 aromatic carbocycles. The van der Waals surface area contributed by atoms with E-state index < -0.39 is 0 Å². The Balaban J connectivity index is 1.91. The van der Waals surface area contributed by atoms with Gasteiger partial charge in [-0.25, -0.2) is 9.98 Å². The molecule has 0 aliphatic carbocycles. The summed E-state index contributed by atoms with van der Waals surface area (Å²) in [5.41, 5.74) is 0. The van der Waals surface area contributed by atoms with E-state index in [2.05, 4.69) is 48.2 Å². The number of aliphatic imine (C=N–C) groups is 1. The van der Waals surface area contributed by atoms with Crippen LogP contribution >= 0.6 is 11.3 Å². The van der Waals surface area contributed by atoms with Crippen LogP contribution in [-0.4, -0.2) is 48.1 Å². The molecular weight excluding hydrogens is 318 g/mol. The van der Waals surface area contributed by atoms with Crippen molar-refractivity contribution in [1.82, 2.24) is 20.5 Å². The first-order chi connectivity index (χ1) is 11.6. The predicted molar refractivity (Wildman–Crippen MR) is 104 cm³/mol. The van der Waals surface area contributed by atoms with Crippen molar-refractivity contribution in [2.75, 3.05) is 26.2 Å². The normalized spacial score (nSPS) is 17.5. The number of likely N-dealkylation sites (tertiary alicyclic amines) is 1. The number of nitrogens with zero attached hydrogens (tertiary/aromatic N) is 3. The standard InChI is InChI=1S/C18H33N5S/c1-5-19-18(22-13-17-20-11-15(4)24-17)21-12-16(10-14(2)3)23-8-6-7-9-23/h11,14,16H,5-10,12-13H2,1-4H3,(H2,19,21,22). The summed E-state index contributed by atoms with van der Waals surface area (Å²) < 4.78 is 0. The third kappa shape index (κ3) is 6.40. The molecule has 136 valence electrons. The van der Waals surface area contributed by atoms with Crippen molar-refractivity contribution < 1.29 is 0 Å². The fraction of sp³-hybridized carbons (Fsp3) is 0.778. The Morgan fingerprint density at radius 1 is 1.33 bits per heavy atom. The molecule has 5 nitrogen and oxygen atoms in total. The molecule has 1 aliphatic heterocycles. The van der Waals surface area contributed by atoms with Gasteiger partial charge in [0.15, 0.2) is 5.96 Å². The molecule has 2 N–H and O–H groups in total. The van der Waals surface area contributed by atoms with Crippen LogP contribution in [0, 0.1) is 12.8 Å².